The third kappa shape index (κ3) is 5.44. The van der Waals surface area contributed by atoms with E-state index in [0.717, 1.165) is 0 Å². The lowest BCUT2D eigenvalue weighted by atomic mass is 10.2. The number of aromatic nitrogens is 1. The van der Waals surface area contributed by atoms with Crippen molar-refractivity contribution in [3.63, 3.8) is 0 Å². The Hall–Kier alpha value is -1.33. The van der Waals surface area contributed by atoms with Gasteiger partial charge in [0.25, 0.3) is 5.91 Å². The molecule has 0 unspecified atom stereocenters. The molecule has 7 heteroatoms. The van der Waals surface area contributed by atoms with Crippen molar-refractivity contribution < 1.29 is 14.3 Å². The number of hydrogen-bond donors (Lipinski definition) is 1. The lowest BCUT2D eigenvalue weighted by Crippen LogP contribution is -2.34. The maximum absolute atomic E-state index is 11.7. The van der Waals surface area contributed by atoms with Gasteiger partial charge < -0.3 is 10.1 Å². The second kappa shape index (κ2) is 6.21. The van der Waals surface area contributed by atoms with Gasteiger partial charge in [-0.15, -0.1) is 0 Å². The largest absolute Gasteiger partial charge is 0.459 e. The van der Waals surface area contributed by atoms with Crippen LogP contribution in [-0.2, 0) is 9.53 Å². The van der Waals surface area contributed by atoms with Gasteiger partial charge in [0.05, 0.1) is 10.6 Å². The van der Waals surface area contributed by atoms with Crippen LogP contribution in [0, 0.1) is 0 Å². The molecule has 0 spiro atoms. The highest BCUT2D eigenvalue weighted by atomic mass is 35.5. The number of halogens is 2. The summed E-state index contributed by atoms with van der Waals surface area (Å²) in [4.78, 5) is 26.9. The summed E-state index contributed by atoms with van der Waals surface area (Å²) in [7, 11) is 0. The average molecular weight is 305 g/mol. The Balaban J connectivity index is 2.56. The molecule has 0 radical (unpaired) electrons. The molecule has 0 aliphatic carbocycles. The third-order valence-corrected chi connectivity index (χ3v) is 2.56. The van der Waals surface area contributed by atoms with Crippen LogP contribution in [0.5, 0.6) is 0 Å². The maximum atomic E-state index is 11.7. The molecule has 0 saturated carbocycles. The number of carbonyl (C=O) groups is 2. The van der Waals surface area contributed by atoms with Crippen molar-refractivity contribution in [2.24, 2.45) is 0 Å². The monoisotopic (exact) mass is 304 g/mol. The van der Waals surface area contributed by atoms with Gasteiger partial charge in [-0.05, 0) is 26.8 Å². The number of nitrogens with zero attached hydrogens (tertiary/aromatic N) is 1. The van der Waals surface area contributed by atoms with E-state index in [0.29, 0.717) is 0 Å². The van der Waals surface area contributed by atoms with E-state index in [9.17, 15) is 9.59 Å². The van der Waals surface area contributed by atoms with E-state index in [1.165, 1.54) is 12.3 Å². The zero-order valence-corrected chi connectivity index (χ0v) is 12.3. The minimum absolute atomic E-state index is 0.116. The summed E-state index contributed by atoms with van der Waals surface area (Å²) in [6.45, 7) is 5.01. The Labute approximate surface area is 121 Å². The standard InChI is InChI=1S/C12H14Cl2N2O3/c1-12(2,3)19-9(17)6-16-11(18)7-4-8(13)10(14)15-5-7/h4-5H,6H2,1-3H3,(H,16,18). The van der Waals surface area contributed by atoms with Crippen molar-refractivity contribution in [2.75, 3.05) is 6.54 Å². The number of esters is 1. The molecule has 0 aliphatic heterocycles. The van der Waals surface area contributed by atoms with E-state index >= 15 is 0 Å². The molecule has 0 atom stereocenters. The molecule has 1 amide bonds. The van der Waals surface area contributed by atoms with Crippen LogP contribution in [0.1, 0.15) is 31.1 Å². The van der Waals surface area contributed by atoms with Gasteiger partial charge in [0.2, 0.25) is 0 Å². The van der Waals surface area contributed by atoms with Gasteiger partial charge in [0.15, 0.2) is 0 Å². The molecule has 1 rings (SSSR count). The molecule has 0 bridgehead atoms. The van der Waals surface area contributed by atoms with Gasteiger partial charge in [0.1, 0.15) is 17.3 Å². The number of rotatable bonds is 3. The molecule has 1 heterocycles. The van der Waals surface area contributed by atoms with Crippen LogP contribution in [0.15, 0.2) is 12.3 Å². The molecule has 0 saturated heterocycles. The highest BCUT2D eigenvalue weighted by molar-refractivity contribution is 6.41. The molecule has 5 nitrogen and oxygen atoms in total. The maximum Gasteiger partial charge on any atom is 0.325 e. The minimum atomic E-state index is -0.590. The van der Waals surface area contributed by atoms with Crippen molar-refractivity contribution in [2.45, 2.75) is 26.4 Å². The van der Waals surface area contributed by atoms with E-state index in [4.69, 9.17) is 27.9 Å². The lowest BCUT2D eigenvalue weighted by Gasteiger charge is -2.19. The number of hydrogen-bond acceptors (Lipinski definition) is 4. The molecule has 1 N–H and O–H groups in total. The summed E-state index contributed by atoms with van der Waals surface area (Å²) in [6, 6.07) is 1.38. The lowest BCUT2D eigenvalue weighted by molar-refractivity contribution is -0.153. The van der Waals surface area contributed by atoms with Gasteiger partial charge in [0, 0.05) is 6.20 Å². The van der Waals surface area contributed by atoms with Gasteiger partial charge >= 0.3 is 5.97 Å². The average Bonchev–Trinajstić information content (AvgIpc) is 2.27. The summed E-state index contributed by atoms with van der Waals surface area (Å²) >= 11 is 11.4. The van der Waals surface area contributed by atoms with Crippen LogP contribution in [0.25, 0.3) is 0 Å². The Bertz CT molecular complexity index is 498. The van der Waals surface area contributed by atoms with Crippen LogP contribution in [0.3, 0.4) is 0 Å². The van der Waals surface area contributed by atoms with E-state index in [-0.39, 0.29) is 22.3 Å². The molecule has 19 heavy (non-hydrogen) atoms. The number of carbonyl (C=O) groups excluding carboxylic acids is 2. The summed E-state index contributed by atoms with van der Waals surface area (Å²) in [5.41, 5.74) is -0.370. The Morgan fingerprint density at radius 3 is 2.53 bits per heavy atom. The fourth-order valence-corrected chi connectivity index (χ4v) is 1.45. The topological polar surface area (TPSA) is 68.3 Å². The van der Waals surface area contributed by atoms with Gasteiger partial charge in [-0.3, -0.25) is 9.59 Å². The molecule has 0 fully saturated rings. The summed E-state index contributed by atoms with van der Waals surface area (Å²) in [5.74, 6) is -0.995. The van der Waals surface area contributed by atoms with Crippen LogP contribution in [-0.4, -0.2) is 29.0 Å². The van der Waals surface area contributed by atoms with Crippen LogP contribution in [0.2, 0.25) is 10.2 Å². The summed E-state index contributed by atoms with van der Waals surface area (Å²) < 4.78 is 5.05. The Kier molecular flexibility index (Phi) is 5.14. The normalized spacial score (nSPS) is 11.0. The van der Waals surface area contributed by atoms with Crippen molar-refractivity contribution in [3.05, 3.63) is 28.0 Å². The number of amides is 1. The van der Waals surface area contributed by atoms with Crippen LogP contribution >= 0.6 is 23.2 Å². The number of nitrogens with one attached hydrogen (secondary N) is 1. The quantitative estimate of drug-likeness (QED) is 0.688. The zero-order chi connectivity index (χ0) is 14.6. The molecule has 104 valence electrons. The zero-order valence-electron chi connectivity index (χ0n) is 10.8. The predicted molar refractivity (Wildman–Crippen MR) is 72.4 cm³/mol. The van der Waals surface area contributed by atoms with Crippen molar-refractivity contribution >= 4 is 35.1 Å². The Morgan fingerprint density at radius 1 is 1.37 bits per heavy atom. The molecule has 0 aromatic carbocycles. The van der Waals surface area contributed by atoms with E-state index in [1.807, 2.05) is 0 Å². The molecule has 1 aromatic rings. The minimum Gasteiger partial charge on any atom is -0.459 e. The first-order valence-electron chi connectivity index (χ1n) is 5.50. The van der Waals surface area contributed by atoms with Crippen LogP contribution in [0.4, 0.5) is 0 Å². The SMILES string of the molecule is CC(C)(C)OC(=O)CNC(=O)c1cnc(Cl)c(Cl)c1. The first kappa shape index (κ1) is 15.7. The van der Waals surface area contributed by atoms with E-state index in [1.54, 1.807) is 20.8 Å². The first-order valence-corrected chi connectivity index (χ1v) is 6.26. The molecule has 0 aliphatic rings. The summed E-state index contributed by atoms with van der Waals surface area (Å²) in [6.07, 6.45) is 1.28. The highest BCUT2D eigenvalue weighted by Crippen LogP contribution is 2.19. The third-order valence-electron chi connectivity index (χ3n) is 1.87. The predicted octanol–water partition coefficient (Wildman–Crippen LogP) is 2.46. The Morgan fingerprint density at radius 2 is 2.00 bits per heavy atom. The second-order valence-electron chi connectivity index (χ2n) is 4.77. The van der Waals surface area contributed by atoms with Crippen molar-refractivity contribution in [3.8, 4) is 0 Å². The van der Waals surface area contributed by atoms with Gasteiger partial charge in [-0.25, -0.2) is 4.98 Å². The van der Waals surface area contributed by atoms with E-state index in [2.05, 4.69) is 10.3 Å². The first-order chi connectivity index (χ1) is 8.69. The van der Waals surface area contributed by atoms with Crippen molar-refractivity contribution in [1.29, 1.82) is 0 Å². The van der Waals surface area contributed by atoms with Crippen molar-refractivity contribution in [1.82, 2.24) is 10.3 Å². The molecular weight excluding hydrogens is 291 g/mol. The fraction of sp³-hybridized carbons (Fsp3) is 0.417. The summed E-state index contributed by atoms with van der Waals surface area (Å²) in [5, 5.41) is 2.70. The fourth-order valence-electron chi connectivity index (χ4n) is 1.18. The number of pyridine rings is 1. The van der Waals surface area contributed by atoms with Gasteiger partial charge in [-0.1, -0.05) is 23.2 Å². The molecular formula is C12H14Cl2N2O3. The number of ether oxygens (including phenoxy) is 1. The van der Waals surface area contributed by atoms with Gasteiger partial charge in [-0.2, -0.15) is 0 Å². The smallest absolute Gasteiger partial charge is 0.325 e. The van der Waals surface area contributed by atoms with Crippen LogP contribution < -0.4 is 5.32 Å². The van der Waals surface area contributed by atoms with E-state index < -0.39 is 17.5 Å². The second-order valence-corrected chi connectivity index (χ2v) is 5.53. The highest BCUT2D eigenvalue weighted by Gasteiger charge is 2.17. The molecule has 1 aromatic heterocycles.